The molecular weight excluding hydrogens is 212 g/mol. The van der Waals surface area contributed by atoms with Crippen LogP contribution in [0.1, 0.15) is 31.7 Å². The first-order valence-electron chi connectivity index (χ1n) is 6.45. The molecule has 17 heavy (non-hydrogen) atoms. The molecule has 3 N–H and O–H groups in total. The van der Waals surface area contributed by atoms with Crippen molar-refractivity contribution in [2.24, 2.45) is 11.8 Å². The number of nitrogens with zero attached hydrogens (tertiary/aromatic N) is 2. The fourth-order valence-corrected chi connectivity index (χ4v) is 2.49. The molecule has 0 saturated carbocycles. The SMILES string of the molecule is CCC1CCCN(Cc2ccc(NN)nc2)C1. The molecule has 2 rings (SSSR count). The second-order valence-corrected chi connectivity index (χ2v) is 4.85. The minimum Gasteiger partial charge on any atom is -0.308 e. The zero-order valence-electron chi connectivity index (χ0n) is 10.5. The van der Waals surface area contributed by atoms with Gasteiger partial charge in [-0.05, 0) is 36.9 Å². The van der Waals surface area contributed by atoms with E-state index >= 15 is 0 Å². The summed E-state index contributed by atoms with van der Waals surface area (Å²) in [6, 6.07) is 4.02. The van der Waals surface area contributed by atoms with Gasteiger partial charge < -0.3 is 5.43 Å². The van der Waals surface area contributed by atoms with Gasteiger partial charge in [0.1, 0.15) is 5.82 Å². The van der Waals surface area contributed by atoms with Crippen LogP contribution in [0, 0.1) is 5.92 Å². The second kappa shape index (κ2) is 5.98. The molecule has 4 nitrogen and oxygen atoms in total. The quantitative estimate of drug-likeness (QED) is 0.618. The van der Waals surface area contributed by atoms with Crippen molar-refractivity contribution in [1.29, 1.82) is 0 Å². The largest absolute Gasteiger partial charge is 0.308 e. The maximum absolute atomic E-state index is 5.30. The Morgan fingerprint density at radius 3 is 3.06 bits per heavy atom. The van der Waals surface area contributed by atoms with Crippen LogP contribution in [0.5, 0.6) is 0 Å². The van der Waals surface area contributed by atoms with E-state index in [1.54, 1.807) is 0 Å². The van der Waals surface area contributed by atoms with Gasteiger partial charge in [-0.15, -0.1) is 0 Å². The number of hydrogen-bond donors (Lipinski definition) is 2. The molecular formula is C13H22N4. The number of pyridine rings is 1. The molecule has 1 saturated heterocycles. The molecule has 1 aliphatic rings. The molecule has 0 aliphatic carbocycles. The first-order chi connectivity index (χ1) is 8.31. The Kier molecular flexibility index (Phi) is 4.34. The van der Waals surface area contributed by atoms with Crippen molar-refractivity contribution < 1.29 is 0 Å². The minimum atomic E-state index is 0.721. The normalized spacial score (nSPS) is 21.4. The van der Waals surface area contributed by atoms with E-state index in [4.69, 9.17) is 5.84 Å². The number of nitrogen functional groups attached to an aromatic ring is 1. The average molecular weight is 234 g/mol. The summed E-state index contributed by atoms with van der Waals surface area (Å²) in [5.41, 5.74) is 3.81. The predicted molar refractivity (Wildman–Crippen MR) is 70.3 cm³/mol. The number of anilines is 1. The van der Waals surface area contributed by atoms with Gasteiger partial charge in [0.15, 0.2) is 0 Å². The lowest BCUT2D eigenvalue weighted by atomic mass is 9.95. The Morgan fingerprint density at radius 2 is 2.41 bits per heavy atom. The monoisotopic (exact) mass is 234 g/mol. The van der Waals surface area contributed by atoms with Crippen molar-refractivity contribution in [3.8, 4) is 0 Å². The lowest BCUT2D eigenvalue weighted by Crippen LogP contribution is -2.34. The summed E-state index contributed by atoms with van der Waals surface area (Å²) in [5, 5.41) is 0. The summed E-state index contributed by atoms with van der Waals surface area (Å²) in [4.78, 5) is 6.77. The topological polar surface area (TPSA) is 54.2 Å². The van der Waals surface area contributed by atoms with E-state index in [0.29, 0.717) is 0 Å². The smallest absolute Gasteiger partial charge is 0.139 e. The molecule has 0 bridgehead atoms. The molecule has 1 aromatic rings. The highest BCUT2D eigenvalue weighted by atomic mass is 15.2. The number of hydrazine groups is 1. The number of rotatable bonds is 4. The molecule has 0 spiro atoms. The van der Waals surface area contributed by atoms with Gasteiger partial charge in [-0.25, -0.2) is 10.8 Å². The summed E-state index contributed by atoms with van der Waals surface area (Å²) in [6.07, 6.45) is 5.92. The van der Waals surface area contributed by atoms with E-state index in [9.17, 15) is 0 Å². The van der Waals surface area contributed by atoms with Gasteiger partial charge in [0.25, 0.3) is 0 Å². The fraction of sp³-hybridized carbons (Fsp3) is 0.615. The van der Waals surface area contributed by atoms with Crippen molar-refractivity contribution in [3.05, 3.63) is 23.9 Å². The van der Waals surface area contributed by atoms with Crippen molar-refractivity contribution in [1.82, 2.24) is 9.88 Å². The van der Waals surface area contributed by atoms with E-state index in [1.165, 1.54) is 37.9 Å². The zero-order chi connectivity index (χ0) is 12.1. The molecule has 1 aliphatic heterocycles. The number of piperidine rings is 1. The first-order valence-corrected chi connectivity index (χ1v) is 6.45. The van der Waals surface area contributed by atoms with Crippen LogP contribution < -0.4 is 11.3 Å². The van der Waals surface area contributed by atoms with Gasteiger partial charge >= 0.3 is 0 Å². The highest BCUT2D eigenvalue weighted by molar-refractivity contribution is 5.33. The average Bonchev–Trinajstić information content (AvgIpc) is 2.40. The number of nitrogens with two attached hydrogens (primary N) is 1. The molecule has 1 fully saturated rings. The van der Waals surface area contributed by atoms with Crippen LogP contribution >= 0.6 is 0 Å². The molecule has 0 aromatic carbocycles. The van der Waals surface area contributed by atoms with Crippen LogP contribution in [-0.4, -0.2) is 23.0 Å². The Morgan fingerprint density at radius 1 is 1.53 bits per heavy atom. The van der Waals surface area contributed by atoms with Crippen molar-refractivity contribution in [2.75, 3.05) is 18.5 Å². The van der Waals surface area contributed by atoms with E-state index in [1.807, 2.05) is 12.3 Å². The van der Waals surface area contributed by atoms with E-state index in [2.05, 4.69) is 28.3 Å². The highest BCUT2D eigenvalue weighted by Crippen LogP contribution is 2.20. The Hall–Kier alpha value is -1.13. The van der Waals surface area contributed by atoms with Gasteiger partial charge in [-0.1, -0.05) is 19.4 Å². The summed E-state index contributed by atoms with van der Waals surface area (Å²) in [7, 11) is 0. The van der Waals surface area contributed by atoms with Crippen LogP contribution in [0.4, 0.5) is 5.82 Å². The molecule has 0 amide bonds. The van der Waals surface area contributed by atoms with Gasteiger partial charge in [-0.2, -0.15) is 0 Å². The first kappa shape index (κ1) is 12.3. The third kappa shape index (κ3) is 3.41. The molecule has 94 valence electrons. The van der Waals surface area contributed by atoms with Crippen molar-refractivity contribution in [3.63, 3.8) is 0 Å². The second-order valence-electron chi connectivity index (χ2n) is 4.85. The lowest BCUT2D eigenvalue weighted by Gasteiger charge is -2.32. The fourth-order valence-electron chi connectivity index (χ4n) is 2.49. The maximum Gasteiger partial charge on any atom is 0.139 e. The van der Waals surface area contributed by atoms with Gasteiger partial charge in [-0.3, -0.25) is 4.90 Å². The molecule has 2 heterocycles. The molecule has 1 atom stereocenters. The number of hydrogen-bond acceptors (Lipinski definition) is 4. The lowest BCUT2D eigenvalue weighted by molar-refractivity contribution is 0.164. The molecule has 1 unspecified atom stereocenters. The Balaban J connectivity index is 1.90. The maximum atomic E-state index is 5.30. The number of likely N-dealkylation sites (tertiary alicyclic amines) is 1. The highest BCUT2D eigenvalue weighted by Gasteiger charge is 2.18. The van der Waals surface area contributed by atoms with Gasteiger partial charge in [0.05, 0.1) is 0 Å². The van der Waals surface area contributed by atoms with Crippen LogP contribution in [0.25, 0.3) is 0 Å². The van der Waals surface area contributed by atoms with Crippen LogP contribution in [0.15, 0.2) is 18.3 Å². The van der Waals surface area contributed by atoms with Crippen LogP contribution in [0.3, 0.4) is 0 Å². The Bertz CT molecular complexity index is 336. The zero-order valence-corrected chi connectivity index (χ0v) is 10.5. The van der Waals surface area contributed by atoms with Crippen LogP contribution in [-0.2, 0) is 6.54 Å². The van der Waals surface area contributed by atoms with Crippen molar-refractivity contribution in [2.45, 2.75) is 32.7 Å². The summed E-state index contributed by atoms with van der Waals surface area (Å²) in [6.45, 7) is 5.74. The Labute approximate surface area is 103 Å². The molecule has 1 aromatic heterocycles. The molecule has 0 radical (unpaired) electrons. The summed E-state index contributed by atoms with van der Waals surface area (Å²) in [5.74, 6) is 6.90. The van der Waals surface area contributed by atoms with Crippen LogP contribution in [0.2, 0.25) is 0 Å². The van der Waals surface area contributed by atoms with E-state index in [0.717, 1.165) is 18.3 Å². The standard InChI is InChI=1S/C13H22N4/c1-2-11-4-3-7-17(9-11)10-12-5-6-13(16-14)15-8-12/h5-6,8,11H,2-4,7,9-10,14H2,1H3,(H,15,16). The minimum absolute atomic E-state index is 0.721. The third-order valence-electron chi connectivity index (χ3n) is 3.56. The van der Waals surface area contributed by atoms with E-state index < -0.39 is 0 Å². The predicted octanol–water partition coefficient (Wildman–Crippen LogP) is 1.99. The number of aromatic nitrogens is 1. The van der Waals surface area contributed by atoms with Gasteiger partial charge in [0, 0.05) is 19.3 Å². The molecule has 4 heteroatoms. The van der Waals surface area contributed by atoms with Gasteiger partial charge in [0.2, 0.25) is 0 Å². The number of nitrogens with one attached hydrogen (secondary N) is 1. The summed E-state index contributed by atoms with van der Waals surface area (Å²) >= 11 is 0. The van der Waals surface area contributed by atoms with Crippen molar-refractivity contribution >= 4 is 5.82 Å². The third-order valence-corrected chi connectivity index (χ3v) is 3.56. The van der Waals surface area contributed by atoms with E-state index in [-0.39, 0.29) is 0 Å². The summed E-state index contributed by atoms with van der Waals surface area (Å²) < 4.78 is 0.